The van der Waals surface area contributed by atoms with E-state index in [1.54, 1.807) is 19.2 Å². The van der Waals surface area contributed by atoms with Gasteiger partial charge in [-0.1, -0.05) is 22.0 Å². The normalized spacial score (nSPS) is 12.2. The third kappa shape index (κ3) is 4.03. The molecular formula is C15H15Br2FN2O. The van der Waals surface area contributed by atoms with Crippen molar-refractivity contribution in [2.45, 2.75) is 12.5 Å². The van der Waals surface area contributed by atoms with Gasteiger partial charge in [0, 0.05) is 10.0 Å². The van der Waals surface area contributed by atoms with Gasteiger partial charge in [-0.3, -0.25) is 11.3 Å². The van der Waals surface area contributed by atoms with Crippen LogP contribution in [0.4, 0.5) is 4.39 Å². The lowest BCUT2D eigenvalue weighted by atomic mass is 9.99. The van der Waals surface area contributed by atoms with Gasteiger partial charge in [0.25, 0.3) is 0 Å². The summed E-state index contributed by atoms with van der Waals surface area (Å²) in [7, 11) is 1.61. The van der Waals surface area contributed by atoms with E-state index >= 15 is 0 Å². The Morgan fingerprint density at radius 2 is 2.00 bits per heavy atom. The molecule has 6 heteroatoms. The maximum atomic E-state index is 14.0. The number of ether oxygens (including phenoxy) is 1. The predicted octanol–water partition coefficient (Wildman–Crippen LogP) is 4.11. The number of halogens is 3. The number of hydrazine groups is 1. The summed E-state index contributed by atoms with van der Waals surface area (Å²) in [4.78, 5) is 0. The number of methoxy groups -OCH3 is 1. The largest absolute Gasteiger partial charge is 0.496 e. The van der Waals surface area contributed by atoms with Gasteiger partial charge in [-0.05, 0) is 58.2 Å². The smallest absolute Gasteiger partial charge is 0.133 e. The first kappa shape index (κ1) is 16.4. The first-order valence-electron chi connectivity index (χ1n) is 6.28. The highest BCUT2D eigenvalue weighted by Crippen LogP contribution is 2.29. The molecule has 3 N–H and O–H groups in total. The fourth-order valence-corrected chi connectivity index (χ4v) is 3.08. The van der Waals surface area contributed by atoms with E-state index in [1.807, 2.05) is 18.2 Å². The zero-order valence-electron chi connectivity index (χ0n) is 11.4. The zero-order chi connectivity index (χ0) is 15.4. The first-order valence-corrected chi connectivity index (χ1v) is 7.87. The molecule has 2 aromatic carbocycles. The average molecular weight is 418 g/mol. The van der Waals surface area contributed by atoms with E-state index in [-0.39, 0.29) is 11.9 Å². The van der Waals surface area contributed by atoms with Crippen LogP contribution in [0, 0.1) is 5.82 Å². The summed E-state index contributed by atoms with van der Waals surface area (Å²) in [6, 6.07) is 10.2. The summed E-state index contributed by atoms with van der Waals surface area (Å²) in [6.07, 6.45) is 0.562. The van der Waals surface area contributed by atoms with Crippen LogP contribution >= 0.6 is 31.9 Å². The monoisotopic (exact) mass is 416 g/mol. The van der Waals surface area contributed by atoms with Gasteiger partial charge in [-0.15, -0.1) is 0 Å². The van der Waals surface area contributed by atoms with Crippen molar-refractivity contribution in [1.82, 2.24) is 5.43 Å². The molecule has 0 aliphatic carbocycles. The van der Waals surface area contributed by atoms with E-state index in [4.69, 9.17) is 10.6 Å². The standard InChI is InChI=1S/C15H15Br2FN2O/c1-21-15-5-2-9(6-12(15)17)7-14(20-19)11-8-10(16)3-4-13(11)18/h2-6,8,14,20H,7,19H2,1H3. The Morgan fingerprint density at radius 3 is 2.62 bits per heavy atom. The highest BCUT2D eigenvalue weighted by atomic mass is 79.9. The third-order valence-corrected chi connectivity index (χ3v) is 4.30. The number of nitrogens with two attached hydrogens (primary N) is 1. The molecule has 0 aliphatic heterocycles. The highest BCUT2D eigenvalue weighted by molar-refractivity contribution is 9.10. The van der Waals surface area contributed by atoms with Crippen LogP contribution in [0.15, 0.2) is 45.3 Å². The minimum absolute atomic E-state index is 0.284. The van der Waals surface area contributed by atoms with Crippen molar-refractivity contribution >= 4 is 31.9 Å². The van der Waals surface area contributed by atoms with Crippen LogP contribution in [0.5, 0.6) is 5.75 Å². The van der Waals surface area contributed by atoms with Gasteiger partial charge in [-0.25, -0.2) is 4.39 Å². The van der Waals surface area contributed by atoms with Gasteiger partial charge in [-0.2, -0.15) is 0 Å². The second-order valence-electron chi connectivity index (χ2n) is 4.56. The van der Waals surface area contributed by atoms with E-state index in [0.717, 1.165) is 20.3 Å². The molecule has 0 heterocycles. The van der Waals surface area contributed by atoms with Gasteiger partial charge in [0.2, 0.25) is 0 Å². The Bertz CT molecular complexity index is 637. The molecule has 112 valence electrons. The van der Waals surface area contributed by atoms with Crippen LogP contribution in [0.3, 0.4) is 0 Å². The number of rotatable bonds is 5. The minimum Gasteiger partial charge on any atom is -0.496 e. The van der Waals surface area contributed by atoms with Crippen LogP contribution in [-0.4, -0.2) is 7.11 Å². The van der Waals surface area contributed by atoms with E-state index in [9.17, 15) is 4.39 Å². The van der Waals surface area contributed by atoms with E-state index in [0.29, 0.717) is 12.0 Å². The molecule has 1 atom stereocenters. The Morgan fingerprint density at radius 1 is 1.24 bits per heavy atom. The number of nitrogens with one attached hydrogen (secondary N) is 1. The molecule has 0 saturated carbocycles. The zero-order valence-corrected chi connectivity index (χ0v) is 14.5. The molecule has 3 nitrogen and oxygen atoms in total. The molecule has 1 unspecified atom stereocenters. The topological polar surface area (TPSA) is 47.3 Å². The lowest BCUT2D eigenvalue weighted by molar-refractivity contribution is 0.411. The van der Waals surface area contributed by atoms with E-state index < -0.39 is 0 Å². The summed E-state index contributed by atoms with van der Waals surface area (Å²) in [6.45, 7) is 0. The Hall–Kier alpha value is -0.950. The van der Waals surface area contributed by atoms with E-state index in [2.05, 4.69) is 37.3 Å². The fraction of sp³-hybridized carbons (Fsp3) is 0.200. The van der Waals surface area contributed by atoms with Crippen molar-refractivity contribution in [2.75, 3.05) is 7.11 Å². The third-order valence-electron chi connectivity index (χ3n) is 3.19. The second kappa shape index (κ2) is 7.35. The molecule has 0 bridgehead atoms. The lowest BCUT2D eigenvalue weighted by Gasteiger charge is -2.18. The van der Waals surface area contributed by atoms with E-state index in [1.165, 1.54) is 6.07 Å². The van der Waals surface area contributed by atoms with Crippen molar-refractivity contribution in [3.8, 4) is 5.75 Å². The summed E-state index contributed by atoms with van der Waals surface area (Å²) in [5.74, 6) is 6.07. The van der Waals surface area contributed by atoms with Gasteiger partial charge in [0.1, 0.15) is 11.6 Å². The molecule has 0 spiro atoms. The summed E-state index contributed by atoms with van der Waals surface area (Å²) in [5, 5.41) is 0. The Balaban J connectivity index is 2.26. The summed E-state index contributed by atoms with van der Waals surface area (Å²) in [5.41, 5.74) is 4.22. The van der Waals surface area contributed by atoms with Gasteiger partial charge < -0.3 is 4.74 Å². The Labute approximate surface area is 139 Å². The van der Waals surface area contributed by atoms with Crippen LogP contribution < -0.4 is 16.0 Å². The van der Waals surface area contributed by atoms with Crippen LogP contribution in [0.25, 0.3) is 0 Å². The predicted molar refractivity (Wildman–Crippen MR) is 88.6 cm³/mol. The molecule has 0 amide bonds. The molecule has 0 saturated heterocycles. The molecule has 0 radical (unpaired) electrons. The van der Waals surface area contributed by atoms with Crippen LogP contribution in [0.2, 0.25) is 0 Å². The van der Waals surface area contributed by atoms with Crippen molar-refractivity contribution < 1.29 is 9.13 Å². The molecule has 21 heavy (non-hydrogen) atoms. The average Bonchev–Trinajstić information content (AvgIpc) is 2.47. The summed E-state index contributed by atoms with van der Waals surface area (Å²) >= 11 is 6.79. The quantitative estimate of drug-likeness (QED) is 0.568. The van der Waals surface area contributed by atoms with Crippen LogP contribution in [-0.2, 0) is 6.42 Å². The maximum absolute atomic E-state index is 14.0. The number of benzene rings is 2. The molecule has 2 aromatic rings. The van der Waals surface area contributed by atoms with Crippen molar-refractivity contribution in [2.24, 2.45) is 5.84 Å². The Kier molecular flexibility index (Phi) is 5.75. The number of hydrogen-bond acceptors (Lipinski definition) is 3. The van der Waals surface area contributed by atoms with Gasteiger partial charge in [0.15, 0.2) is 0 Å². The minimum atomic E-state index is -0.317. The first-order chi connectivity index (χ1) is 10.0. The lowest BCUT2D eigenvalue weighted by Crippen LogP contribution is -2.30. The molecule has 0 aliphatic rings. The SMILES string of the molecule is COc1ccc(CC(NN)c2cc(Br)ccc2F)cc1Br. The molecule has 2 rings (SSSR count). The van der Waals surface area contributed by atoms with Crippen molar-refractivity contribution in [3.05, 3.63) is 62.3 Å². The summed E-state index contributed by atoms with van der Waals surface area (Å²) < 4.78 is 20.8. The fourth-order valence-electron chi connectivity index (χ4n) is 2.11. The molecule has 0 fully saturated rings. The van der Waals surface area contributed by atoms with Gasteiger partial charge in [0.05, 0.1) is 17.6 Å². The maximum Gasteiger partial charge on any atom is 0.133 e. The van der Waals surface area contributed by atoms with Gasteiger partial charge >= 0.3 is 0 Å². The van der Waals surface area contributed by atoms with Crippen molar-refractivity contribution in [1.29, 1.82) is 0 Å². The number of hydrogen-bond donors (Lipinski definition) is 2. The van der Waals surface area contributed by atoms with Crippen molar-refractivity contribution in [3.63, 3.8) is 0 Å². The molecule has 0 aromatic heterocycles. The highest BCUT2D eigenvalue weighted by Gasteiger charge is 2.16. The molecular weight excluding hydrogens is 403 g/mol. The second-order valence-corrected chi connectivity index (χ2v) is 6.33. The van der Waals surface area contributed by atoms with Crippen LogP contribution in [0.1, 0.15) is 17.2 Å².